The van der Waals surface area contributed by atoms with Crippen molar-refractivity contribution in [3.05, 3.63) is 0 Å². The molecule has 0 atom stereocenters. The molecular weight excluding hydrogens is 192 g/mol. The SMILES string of the molecule is Cn1nnnc1SC[B-](F)(F)F. The van der Waals surface area contributed by atoms with E-state index < -0.39 is 12.6 Å². The highest BCUT2D eigenvalue weighted by atomic mass is 32.2. The normalized spacial score (nSPS) is 12.0. The van der Waals surface area contributed by atoms with Crippen LogP contribution >= 0.6 is 11.8 Å². The molecule has 0 fully saturated rings. The van der Waals surface area contributed by atoms with E-state index in [9.17, 15) is 12.9 Å². The number of rotatable bonds is 3. The number of aromatic nitrogens is 4. The molecular formula is C3H5BF3N4S-. The minimum Gasteiger partial charge on any atom is -0.448 e. The summed E-state index contributed by atoms with van der Waals surface area (Å²) in [5.41, 5.74) is -0.909. The number of nitrogens with zero attached hydrogens (tertiary/aromatic N) is 4. The van der Waals surface area contributed by atoms with E-state index in [1.54, 1.807) is 0 Å². The molecule has 1 heterocycles. The zero-order valence-corrected chi connectivity index (χ0v) is 6.93. The van der Waals surface area contributed by atoms with E-state index in [0.29, 0.717) is 11.8 Å². The molecule has 0 aliphatic heterocycles. The predicted molar refractivity (Wildman–Crippen MR) is 38.6 cm³/mol. The lowest BCUT2D eigenvalue weighted by molar-refractivity contribution is 0.485. The Hall–Kier alpha value is -0.725. The van der Waals surface area contributed by atoms with Gasteiger partial charge in [-0.2, -0.15) is 0 Å². The third-order valence-corrected chi connectivity index (χ3v) is 2.13. The summed E-state index contributed by atoms with van der Waals surface area (Å²) < 4.78 is 36.4. The van der Waals surface area contributed by atoms with Crippen molar-refractivity contribution in [3.63, 3.8) is 0 Å². The fourth-order valence-electron chi connectivity index (χ4n) is 0.513. The van der Waals surface area contributed by atoms with Gasteiger partial charge in [-0.3, -0.25) is 0 Å². The number of hydrogen-bond acceptors (Lipinski definition) is 4. The average molecular weight is 197 g/mol. The number of halogens is 3. The molecule has 1 aromatic rings. The molecule has 12 heavy (non-hydrogen) atoms. The second-order valence-corrected chi connectivity index (χ2v) is 3.09. The minimum absolute atomic E-state index is 0.175. The average Bonchev–Trinajstić information content (AvgIpc) is 2.29. The van der Waals surface area contributed by atoms with Crippen LogP contribution < -0.4 is 0 Å². The number of aryl methyl sites for hydroxylation is 1. The van der Waals surface area contributed by atoms with Crippen molar-refractivity contribution in [2.75, 3.05) is 5.65 Å². The second kappa shape index (κ2) is 3.34. The highest BCUT2D eigenvalue weighted by Gasteiger charge is 2.23. The number of thioether (sulfide) groups is 1. The van der Waals surface area contributed by atoms with Crippen molar-refractivity contribution in [2.24, 2.45) is 7.05 Å². The van der Waals surface area contributed by atoms with Crippen LogP contribution in [0.15, 0.2) is 5.16 Å². The largest absolute Gasteiger partial charge is 0.488 e. The first-order valence-corrected chi connectivity index (χ1v) is 4.04. The molecule has 0 aromatic carbocycles. The number of tetrazole rings is 1. The summed E-state index contributed by atoms with van der Waals surface area (Å²) in [6.07, 6.45) is 0. The molecule has 0 saturated heterocycles. The van der Waals surface area contributed by atoms with Gasteiger partial charge in [0, 0.05) is 7.05 Å². The van der Waals surface area contributed by atoms with Gasteiger partial charge in [0.2, 0.25) is 5.16 Å². The minimum atomic E-state index is -4.77. The van der Waals surface area contributed by atoms with Gasteiger partial charge in [-0.05, 0) is 16.1 Å². The molecule has 0 saturated carbocycles. The van der Waals surface area contributed by atoms with Gasteiger partial charge in [-0.25, -0.2) is 4.68 Å². The van der Waals surface area contributed by atoms with Crippen LogP contribution in [0, 0.1) is 0 Å². The van der Waals surface area contributed by atoms with Gasteiger partial charge >= 0.3 is 6.98 Å². The summed E-state index contributed by atoms with van der Waals surface area (Å²) >= 11 is 0.590. The van der Waals surface area contributed by atoms with Crippen molar-refractivity contribution in [1.82, 2.24) is 20.2 Å². The number of hydrogen-bond donors (Lipinski definition) is 0. The van der Waals surface area contributed by atoms with Crippen LogP contribution in [0.1, 0.15) is 0 Å². The molecule has 0 bridgehead atoms. The van der Waals surface area contributed by atoms with Gasteiger partial charge in [0.25, 0.3) is 0 Å². The zero-order chi connectivity index (χ0) is 9.19. The van der Waals surface area contributed by atoms with Crippen molar-refractivity contribution in [1.29, 1.82) is 0 Å². The maximum atomic E-state index is 11.7. The molecule has 0 aliphatic carbocycles. The Labute approximate surface area is 70.6 Å². The van der Waals surface area contributed by atoms with Gasteiger partial charge in [0.05, 0.1) is 0 Å². The molecule has 0 N–H and O–H groups in total. The summed E-state index contributed by atoms with van der Waals surface area (Å²) in [6, 6.07) is 0. The van der Waals surface area contributed by atoms with Crippen LogP contribution in [-0.4, -0.2) is 32.8 Å². The lowest BCUT2D eigenvalue weighted by Gasteiger charge is -2.10. The Morgan fingerprint density at radius 2 is 2.17 bits per heavy atom. The molecule has 1 aromatic heterocycles. The monoisotopic (exact) mass is 197 g/mol. The molecule has 68 valence electrons. The molecule has 0 radical (unpaired) electrons. The van der Waals surface area contributed by atoms with E-state index >= 15 is 0 Å². The van der Waals surface area contributed by atoms with Crippen LogP contribution in [0.2, 0.25) is 0 Å². The zero-order valence-electron chi connectivity index (χ0n) is 6.12. The predicted octanol–water partition coefficient (Wildman–Crippen LogP) is 0.689. The highest BCUT2D eigenvalue weighted by molar-refractivity contribution is 8.00. The summed E-state index contributed by atoms with van der Waals surface area (Å²) in [7, 11) is 1.49. The van der Waals surface area contributed by atoms with Crippen LogP contribution in [0.3, 0.4) is 0 Å². The second-order valence-electron chi connectivity index (χ2n) is 2.11. The standard InChI is InChI=1S/C3H5BF3N4S/c1-11-3(8-9-10-11)12-2-4(5,6)7/h2H2,1H3/q-1. The molecule has 4 nitrogen and oxygen atoms in total. The third kappa shape index (κ3) is 2.72. The fraction of sp³-hybridized carbons (Fsp3) is 0.667. The summed E-state index contributed by atoms with van der Waals surface area (Å²) in [5.74, 6) is 0. The maximum absolute atomic E-state index is 11.7. The summed E-state index contributed by atoms with van der Waals surface area (Å²) in [5, 5.41) is 10.2. The highest BCUT2D eigenvalue weighted by Crippen LogP contribution is 2.20. The molecule has 1 rings (SSSR count). The van der Waals surface area contributed by atoms with Crippen LogP contribution in [0.4, 0.5) is 12.9 Å². The molecule has 0 aliphatic rings. The Balaban J connectivity index is 2.49. The lowest BCUT2D eigenvalue weighted by Crippen LogP contribution is -2.19. The Morgan fingerprint density at radius 1 is 1.50 bits per heavy atom. The Kier molecular flexibility index (Phi) is 2.60. The van der Waals surface area contributed by atoms with Crippen molar-refractivity contribution in [2.45, 2.75) is 5.16 Å². The van der Waals surface area contributed by atoms with Crippen molar-refractivity contribution >= 4 is 18.7 Å². The first-order chi connectivity index (χ1) is 5.49. The Bertz CT molecular complexity index is 260. The Morgan fingerprint density at radius 3 is 2.58 bits per heavy atom. The first kappa shape index (κ1) is 9.36. The van der Waals surface area contributed by atoms with E-state index in [0.717, 1.165) is 0 Å². The van der Waals surface area contributed by atoms with E-state index in [1.807, 2.05) is 0 Å². The van der Waals surface area contributed by atoms with Gasteiger partial charge in [-0.15, -0.1) is 16.9 Å². The maximum Gasteiger partial charge on any atom is 0.488 e. The smallest absolute Gasteiger partial charge is 0.448 e. The van der Waals surface area contributed by atoms with Gasteiger partial charge in [0.1, 0.15) is 0 Å². The van der Waals surface area contributed by atoms with E-state index in [-0.39, 0.29) is 5.16 Å². The van der Waals surface area contributed by atoms with Crippen LogP contribution in [0.25, 0.3) is 0 Å². The quantitative estimate of drug-likeness (QED) is 0.528. The lowest BCUT2D eigenvalue weighted by atomic mass is 9.98. The van der Waals surface area contributed by atoms with Crippen molar-refractivity contribution in [3.8, 4) is 0 Å². The van der Waals surface area contributed by atoms with E-state index in [2.05, 4.69) is 15.5 Å². The van der Waals surface area contributed by atoms with Crippen LogP contribution in [0.5, 0.6) is 0 Å². The first-order valence-electron chi connectivity index (χ1n) is 3.05. The molecule has 9 heteroatoms. The van der Waals surface area contributed by atoms with E-state index in [4.69, 9.17) is 0 Å². The molecule has 0 spiro atoms. The summed E-state index contributed by atoms with van der Waals surface area (Å²) in [6.45, 7) is -4.77. The fourth-order valence-corrected chi connectivity index (χ4v) is 1.17. The molecule has 0 unspecified atom stereocenters. The third-order valence-electron chi connectivity index (χ3n) is 0.983. The van der Waals surface area contributed by atoms with Gasteiger partial charge in [-0.1, -0.05) is 0 Å². The van der Waals surface area contributed by atoms with E-state index in [1.165, 1.54) is 11.7 Å². The van der Waals surface area contributed by atoms with Gasteiger partial charge in [0.15, 0.2) is 0 Å². The topological polar surface area (TPSA) is 43.6 Å². The van der Waals surface area contributed by atoms with Crippen LogP contribution in [-0.2, 0) is 7.05 Å². The van der Waals surface area contributed by atoms with Crippen molar-refractivity contribution < 1.29 is 12.9 Å². The van der Waals surface area contributed by atoms with Gasteiger partial charge < -0.3 is 12.9 Å². The summed E-state index contributed by atoms with van der Waals surface area (Å²) in [4.78, 5) is 0. The molecule has 0 amide bonds.